The number of carboxylic acids is 1. The largest absolute Gasteiger partial charge is 0.481 e. The molecule has 0 aromatic rings. The fourth-order valence-electron chi connectivity index (χ4n) is 2.09. The minimum absolute atomic E-state index is 0.117. The average Bonchev–Trinajstić information content (AvgIpc) is 2.37. The van der Waals surface area contributed by atoms with Crippen LogP contribution in [0.2, 0.25) is 0 Å². The molecule has 22 heavy (non-hydrogen) atoms. The molecule has 0 radical (unpaired) electrons. The van der Waals surface area contributed by atoms with Gasteiger partial charge in [0.05, 0.1) is 0 Å². The van der Waals surface area contributed by atoms with Crippen LogP contribution in [0.4, 0.5) is 0 Å². The lowest BCUT2D eigenvalue weighted by molar-refractivity contribution is -0.155. The first-order valence-electron chi connectivity index (χ1n) is 8.45. The molecule has 0 bridgehead atoms. The number of nitrogens with one attached hydrogen (secondary N) is 1. The SMILES string of the molecule is CC(C)(C)OC(=O)CCCCNCCCCCCCC(=O)O. The van der Waals surface area contributed by atoms with Gasteiger partial charge in [-0.3, -0.25) is 9.59 Å². The van der Waals surface area contributed by atoms with E-state index in [4.69, 9.17) is 9.84 Å². The second kappa shape index (κ2) is 12.4. The molecule has 0 saturated heterocycles. The second-order valence-electron chi connectivity index (χ2n) is 6.71. The Bertz CT molecular complexity index is 310. The van der Waals surface area contributed by atoms with E-state index in [0.29, 0.717) is 6.42 Å². The number of ether oxygens (including phenoxy) is 1. The first kappa shape index (κ1) is 20.9. The molecule has 0 aromatic carbocycles. The molecule has 130 valence electrons. The predicted octanol–water partition coefficient (Wildman–Crippen LogP) is 3.51. The summed E-state index contributed by atoms with van der Waals surface area (Å²) in [5.74, 6) is -0.818. The number of carbonyl (C=O) groups excluding carboxylic acids is 1. The zero-order valence-corrected chi connectivity index (χ0v) is 14.5. The van der Waals surface area contributed by atoms with Crippen molar-refractivity contribution in [3.8, 4) is 0 Å². The highest BCUT2D eigenvalue weighted by molar-refractivity contribution is 5.69. The topological polar surface area (TPSA) is 75.6 Å². The van der Waals surface area contributed by atoms with E-state index in [1.807, 2.05) is 20.8 Å². The Morgan fingerprint density at radius 2 is 1.36 bits per heavy atom. The highest BCUT2D eigenvalue weighted by atomic mass is 16.6. The van der Waals surface area contributed by atoms with Crippen molar-refractivity contribution in [2.24, 2.45) is 0 Å². The fraction of sp³-hybridized carbons (Fsp3) is 0.882. The Morgan fingerprint density at radius 3 is 1.95 bits per heavy atom. The van der Waals surface area contributed by atoms with Gasteiger partial charge < -0.3 is 15.2 Å². The third kappa shape index (κ3) is 17.0. The molecule has 0 aliphatic heterocycles. The quantitative estimate of drug-likeness (QED) is 0.402. The summed E-state index contributed by atoms with van der Waals surface area (Å²) in [4.78, 5) is 21.8. The average molecular weight is 315 g/mol. The van der Waals surface area contributed by atoms with Crippen molar-refractivity contribution < 1.29 is 19.4 Å². The molecular weight excluding hydrogens is 282 g/mol. The van der Waals surface area contributed by atoms with Gasteiger partial charge in [0.2, 0.25) is 0 Å². The molecule has 0 fully saturated rings. The second-order valence-corrected chi connectivity index (χ2v) is 6.71. The highest BCUT2D eigenvalue weighted by Crippen LogP contribution is 2.09. The van der Waals surface area contributed by atoms with Gasteiger partial charge in [0, 0.05) is 12.8 Å². The Kier molecular flexibility index (Phi) is 11.8. The van der Waals surface area contributed by atoms with Crippen LogP contribution in [-0.4, -0.2) is 35.7 Å². The summed E-state index contributed by atoms with van der Waals surface area (Å²) in [6, 6.07) is 0. The monoisotopic (exact) mass is 315 g/mol. The van der Waals surface area contributed by atoms with E-state index in [1.54, 1.807) is 0 Å². The number of carbonyl (C=O) groups is 2. The minimum Gasteiger partial charge on any atom is -0.481 e. The number of aliphatic carboxylic acids is 1. The van der Waals surface area contributed by atoms with Crippen LogP contribution in [0.5, 0.6) is 0 Å². The Balaban J connectivity index is 3.21. The summed E-state index contributed by atoms with van der Waals surface area (Å²) in [7, 11) is 0. The molecule has 0 saturated carbocycles. The number of carboxylic acid groups (broad SMARTS) is 1. The van der Waals surface area contributed by atoms with Crippen molar-refractivity contribution in [3.05, 3.63) is 0 Å². The summed E-state index contributed by atoms with van der Waals surface area (Å²) >= 11 is 0. The van der Waals surface area contributed by atoms with Crippen LogP contribution >= 0.6 is 0 Å². The van der Waals surface area contributed by atoms with Crippen LogP contribution in [0, 0.1) is 0 Å². The lowest BCUT2D eigenvalue weighted by Crippen LogP contribution is -2.24. The zero-order valence-electron chi connectivity index (χ0n) is 14.5. The molecule has 0 aromatic heterocycles. The number of rotatable bonds is 13. The maximum absolute atomic E-state index is 11.5. The van der Waals surface area contributed by atoms with Gasteiger partial charge in [-0.05, 0) is 59.5 Å². The molecule has 5 nitrogen and oxygen atoms in total. The van der Waals surface area contributed by atoms with E-state index in [2.05, 4.69) is 5.32 Å². The summed E-state index contributed by atoms with van der Waals surface area (Å²) < 4.78 is 5.25. The van der Waals surface area contributed by atoms with Crippen LogP contribution in [0.15, 0.2) is 0 Å². The van der Waals surface area contributed by atoms with Crippen molar-refractivity contribution in [3.63, 3.8) is 0 Å². The molecule has 0 rings (SSSR count). The first-order valence-corrected chi connectivity index (χ1v) is 8.45. The first-order chi connectivity index (χ1) is 10.3. The smallest absolute Gasteiger partial charge is 0.306 e. The molecule has 2 N–H and O–H groups in total. The Labute approximate surface area is 134 Å². The van der Waals surface area contributed by atoms with Crippen LogP contribution in [0.25, 0.3) is 0 Å². The number of unbranched alkanes of at least 4 members (excludes halogenated alkanes) is 5. The normalized spacial score (nSPS) is 11.4. The third-order valence-electron chi connectivity index (χ3n) is 3.15. The number of hydrogen-bond acceptors (Lipinski definition) is 4. The van der Waals surface area contributed by atoms with Gasteiger partial charge in [0.15, 0.2) is 0 Å². The van der Waals surface area contributed by atoms with E-state index < -0.39 is 5.97 Å². The van der Waals surface area contributed by atoms with Crippen molar-refractivity contribution >= 4 is 11.9 Å². The number of hydrogen-bond donors (Lipinski definition) is 2. The van der Waals surface area contributed by atoms with Crippen molar-refractivity contribution in [2.45, 2.75) is 84.2 Å². The lowest BCUT2D eigenvalue weighted by atomic mass is 10.1. The van der Waals surface area contributed by atoms with Gasteiger partial charge in [0.25, 0.3) is 0 Å². The van der Waals surface area contributed by atoms with Gasteiger partial charge in [-0.25, -0.2) is 0 Å². The maximum atomic E-state index is 11.5. The summed E-state index contributed by atoms with van der Waals surface area (Å²) in [6.07, 6.45) is 7.78. The fourth-order valence-corrected chi connectivity index (χ4v) is 2.09. The van der Waals surface area contributed by atoms with E-state index in [1.165, 1.54) is 0 Å². The maximum Gasteiger partial charge on any atom is 0.306 e. The van der Waals surface area contributed by atoms with Crippen LogP contribution in [0.1, 0.15) is 78.6 Å². The minimum atomic E-state index is -0.701. The highest BCUT2D eigenvalue weighted by Gasteiger charge is 2.15. The van der Waals surface area contributed by atoms with Crippen LogP contribution in [0.3, 0.4) is 0 Å². The molecule has 5 heteroatoms. The van der Waals surface area contributed by atoms with Crippen LogP contribution < -0.4 is 5.32 Å². The van der Waals surface area contributed by atoms with Gasteiger partial charge >= 0.3 is 11.9 Å². The molecule has 0 spiro atoms. The molecular formula is C17H33NO4. The predicted molar refractivity (Wildman–Crippen MR) is 87.9 cm³/mol. The van der Waals surface area contributed by atoms with Crippen molar-refractivity contribution in [1.82, 2.24) is 5.32 Å². The van der Waals surface area contributed by atoms with E-state index >= 15 is 0 Å². The molecule has 0 amide bonds. The van der Waals surface area contributed by atoms with Gasteiger partial charge in [-0.15, -0.1) is 0 Å². The Morgan fingerprint density at radius 1 is 0.864 bits per heavy atom. The van der Waals surface area contributed by atoms with Crippen LogP contribution in [-0.2, 0) is 14.3 Å². The van der Waals surface area contributed by atoms with E-state index in [0.717, 1.165) is 58.0 Å². The third-order valence-corrected chi connectivity index (χ3v) is 3.15. The van der Waals surface area contributed by atoms with Crippen molar-refractivity contribution in [1.29, 1.82) is 0 Å². The van der Waals surface area contributed by atoms with Gasteiger partial charge in [0.1, 0.15) is 5.60 Å². The molecule has 0 unspecified atom stereocenters. The zero-order chi connectivity index (χ0) is 16.8. The molecule has 0 heterocycles. The van der Waals surface area contributed by atoms with E-state index in [-0.39, 0.29) is 18.0 Å². The van der Waals surface area contributed by atoms with E-state index in [9.17, 15) is 9.59 Å². The van der Waals surface area contributed by atoms with Gasteiger partial charge in [-0.1, -0.05) is 19.3 Å². The summed E-state index contributed by atoms with van der Waals surface area (Å²) in [6.45, 7) is 7.57. The molecule has 0 aliphatic rings. The summed E-state index contributed by atoms with van der Waals surface area (Å²) in [5, 5.41) is 11.9. The standard InChI is InChI=1S/C17H33NO4/c1-17(2,3)22-16(21)12-8-10-14-18-13-9-6-4-5-7-11-15(19)20/h18H,4-14H2,1-3H3,(H,19,20). The van der Waals surface area contributed by atoms with Crippen molar-refractivity contribution in [2.75, 3.05) is 13.1 Å². The van der Waals surface area contributed by atoms with Gasteiger partial charge in [-0.2, -0.15) is 0 Å². The summed E-state index contributed by atoms with van der Waals surface area (Å²) in [5.41, 5.74) is -0.389. The lowest BCUT2D eigenvalue weighted by Gasteiger charge is -2.19. The number of esters is 1. The molecule has 0 atom stereocenters. The molecule has 0 aliphatic carbocycles. The Hall–Kier alpha value is -1.10.